The second kappa shape index (κ2) is 14.4. The summed E-state index contributed by atoms with van der Waals surface area (Å²) in [7, 11) is 0. The molecule has 0 saturated heterocycles. The molecule has 0 bridgehead atoms. The van der Waals surface area contributed by atoms with E-state index in [2.05, 4.69) is 0 Å². The minimum atomic E-state index is 0. The maximum Gasteiger partial charge on any atom is 0.255 e. The van der Waals surface area contributed by atoms with Gasteiger partial charge in [0.25, 0.3) is 23.1 Å². The Morgan fingerprint density at radius 3 is 0.686 bits per heavy atom. The van der Waals surface area contributed by atoms with E-state index in [9.17, 15) is 19.2 Å². The molecule has 0 aliphatic carbocycles. The molecule has 5 heteroatoms. The first-order valence-electron chi connectivity index (χ1n) is 10.7. The van der Waals surface area contributed by atoms with Crippen LogP contribution in [0.2, 0.25) is 0 Å². The van der Waals surface area contributed by atoms with Crippen LogP contribution >= 0.6 is 0 Å². The molecule has 4 nitrogen and oxygen atoms in total. The molecule has 35 heavy (non-hydrogen) atoms. The summed E-state index contributed by atoms with van der Waals surface area (Å²) >= 11 is 0. The number of hydrogen-bond donors (Lipinski definition) is 0. The average Bonchev–Trinajstić information content (AvgIpc) is 2.91. The van der Waals surface area contributed by atoms with Crippen molar-refractivity contribution < 1.29 is 45.0 Å². The molecule has 4 aromatic carbocycles. The van der Waals surface area contributed by atoms with Crippen molar-refractivity contribution >= 4 is 23.1 Å². The van der Waals surface area contributed by atoms with Crippen LogP contribution in [0.1, 0.15) is 22.3 Å². The van der Waals surface area contributed by atoms with Gasteiger partial charge in [0.1, 0.15) is 0 Å². The molecule has 0 unspecified atom stereocenters. The number of ketones is 4. The van der Waals surface area contributed by atoms with Gasteiger partial charge in [-0.15, -0.1) is 48.5 Å². The molecule has 0 heterocycles. The molecule has 0 amide bonds. The summed E-state index contributed by atoms with van der Waals surface area (Å²) in [6.07, 6.45) is 2.70. The maximum absolute atomic E-state index is 9.83. The predicted molar refractivity (Wildman–Crippen MR) is 139 cm³/mol. The van der Waals surface area contributed by atoms with Crippen LogP contribution in [0, 0.1) is 12.8 Å². The molecule has 0 fully saturated rings. The van der Waals surface area contributed by atoms with Gasteiger partial charge in [-0.2, -0.15) is 0 Å². The molecule has 0 spiro atoms. The fraction of sp³-hybridized carbons (Fsp3) is 0. The van der Waals surface area contributed by atoms with Gasteiger partial charge in [-0.3, -0.25) is 0 Å². The molecule has 0 aliphatic rings. The summed E-state index contributed by atoms with van der Waals surface area (Å²) in [5.41, 5.74) is 2.70. The van der Waals surface area contributed by atoms with Crippen molar-refractivity contribution in [3.8, 4) is 0 Å². The van der Waals surface area contributed by atoms with Crippen molar-refractivity contribution in [2.75, 3.05) is 0 Å². The molecule has 4 aromatic rings. The maximum atomic E-state index is 9.83. The van der Waals surface area contributed by atoms with Gasteiger partial charge in [-0.25, -0.2) is 0 Å². The Morgan fingerprint density at radius 1 is 0.343 bits per heavy atom. The minimum absolute atomic E-state index is 0. The SMILES string of the molecule is [Hf].[OH+]=C([CH-]C(=[OH+])c1ccccc1)c1ccccc1.[OH+]=C([CH-]C(=[OH+])c1ccccc1)c1ccccc1. The van der Waals surface area contributed by atoms with Crippen molar-refractivity contribution in [1.82, 2.24) is 0 Å². The summed E-state index contributed by atoms with van der Waals surface area (Å²) in [4.78, 5) is 39.3. The first kappa shape index (κ1) is 27.4. The Morgan fingerprint density at radius 2 is 0.514 bits per heavy atom. The van der Waals surface area contributed by atoms with Gasteiger partial charge in [-0.1, -0.05) is 72.8 Å². The molecule has 0 aliphatic heterocycles. The number of carbonyl (C=O) groups excluding carboxylic acids is 4. The van der Waals surface area contributed by atoms with Gasteiger partial charge < -0.3 is 19.2 Å². The standard InChI is InChI=1S/2C15H11O2.Hf/c2*16-14(12-7-3-1-4-8-12)11-15(17)13-9-5-2-6-10-13;/h2*1-11H;/q2*-1;/p+4. The fourth-order valence-electron chi connectivity index (χ4n) is 3.03. The largest absolute Gasteiger partial charge is 0.300 e. The van der Waals surface area contributed by atoms with E-state index in [1.54, 1.807) is 48.5 Å². The van der Waals surface area contributed by atoms with Crippen LogP contribution in [0.5, 0.6) is 0 Å². The molecule has 0 aromatic heterocycles. The molecule has 172 valence electrons. The second-order valence-corrected chi connectivity index (χ2v) is 7.29. The Bertz CT molecular complexity index is 1040. The van der Waals surface area contributed by atoms with E-state index in [-0.39, 0.29) is 49.0 Å². The van der Waals surface area contributed by atoms with E-state index >= 15 is 0 Å². The van der Waals surface area contributed by atoms with Crippen LogP contribution in [0.4, 0.5) is 0 Å². The van der Waals surface area contributed by atoms with E-state index in [0.717, 1.165) is 0 Å². The normalized spacial score (nSPS) is 9.37. The van der Waals surface area contributed by atoms with Crippen LogP contribution in [0.15, 0.2) is 121 Å². The van der Waals surface area contributed by atoms with Crippen molar-refractivity contribution in [3.63, 3.8) is 0 Å². The molecular weight excluding hydrogens is 603 g/mol. The van der Waals surface area contributed by atoms with E-state index in [4.69, 9.17) is 0 Å². The molecule has 0 atom stereocenters. The summed E-state index contributed by atoms with van der Waals surface area (Å²) in [6, 6.07) is 36.4. The van der Waals surface area contributed by atoms with Gasteiger partial charge in [0, 0.05) is 38.7 Å². The van der Waals surface area contributed by atoms with E-state index in [1.165, 1.54) is 12.8 Å². The molecule has 4 rings (SSSR count). The van der Waals surface area contributed by atoms with Crippen LogP contribution < -0.4 is 0 Å². The van der Waals surface area contributed by atoms with Crippen LogP contribution in [-0.2, 0) is 25.8 Å². The van der Waals surface area contributed by atoms with Crippen LogP contribution in [0.3, 0.4) is 0 Å². The third-order valence-electron chi connectivity index (χ3n) is 4.83. The summed E-state index contributed by atoms with van der Waals surface area (Å²) in [6.45, 7) is 0. The van der Waals surface area contributed by atoms with Gasteiger partial charge in [0.15, 0.2) is 0 Å². The third-order valence-corrected chi connectivity index (χ3v) is 4.83. The third kappa shape index (κ3) is 8.80. The van der Waals surface area contributed by atoms with Crippen LogP contribution in [-0.4, -0.2) is 42.3 Å². The zero-order valence-electron chi connectivity index (χ0n) is 19.0. The molecule has 0 radical (unpaired) electrons. The molecular formula is C30H26HfO4+2. The van der Waals surface area contributed by atoms with E-state index in [1.807, 2.05) is 72.8 Å². The average molecular weight is 629 g/mol. The number of rotatable bonds is 8. The number of benzene rings is 4. The smallest absolute Gasteiger partial charge is 0.255 e. The van der Waals surface area contributed by atoms with E-state index < -0.39 is 0 Å². The fourth-order valence-corrected chi connectivity index (χ4v) is 3.03. The Balaban J connectivity index is 0.000000240. The Labute approximate surface area is 223 Å². The van der Waals surface area contributed by atoms with Gasteiger partial charge in [0.05, 0.1) is 0 Å². The molecule has 4 N–H and O–H groups in total. The Hall–Kier alpha value is -3.83. The monoisotopic (exact) mass is 630 g/mol. The first-order chi connectivity index (χ1) is 16.5. The van der Waals surface area contributed by atoms with Crippen molar-refractivity contribution in [2.45, 2.75) is 0 Å². The van der Waals surface area contributed by atoms with Crippen molar-refractivity contribution in [1.29, 1.82) is 0 Å². The summed E-state index contributed by atoms with van der Waals surface area (Å²) in [5.74, 6) is 0.192. The quantitative estimate of drug-likeness (QED) is 0.0887. The molecule has 0 saturated carbocycles. The van der Waals surface area contributed by atoms with Crippen LogP contribution in [0.25, 0.3) is 0 Å². The van der Waals surface area contributed by atoms with Gasteiger partial charge in [0.2, 0.25) is 0 Å². The van der Waals surface area contributed by atoms with Gasteiger partial charge in [-0.05, 0) is 22.3 Å². The zero-order valence-corrected chi connectivity index (χ0v) is 22.6. The van der Waals surface area contributed by atoms with Crippen molar-refractivity contribution in [2.24, 2.45) is 0 Å². The first-order valence-corrected chi connectivity index (χ1v) is 10.7. The Kier molecular flexibility index (Phi) is 11.3. The number of hydrogen-bond acceptors (Lipinski definition) is 0. The van der Waals surface area contributed by atoms with Crippen molar-refractivity contribution in [3.05, 3.63) is 156 Å². The zero-order chi connectivity index (χ0) is 24.2. The van der Waals surface area contributed by atoms with E-state index in [0.29, 0.717) is 22.3 Å². The van der Waals surface area contributed by atoms with Gasteiger partial charge >= 0.3 is 0 Å². The summed E-state index contributed by atoms with van der Waals surface area (Å²) in [5, 5.41) is 0. The summed E-state index contributed by atoms with van der Waals surface area (Å²) < 4.78 is 0. The second-order valence-electron chi connectivity index (χ2n) is 7.29. The predicted octanol–water partition coefficient (Wildman–Crippen LogP) is 4.75. The minimum Gasteiger partial charge on any atom is -0.300 e. The topological polar surface area (TPSA) is 85.6 Å².